The van der Waals surface area contributed by atoms with Gasteiger partial charge in [-0.3, -0.25) is 0 Å². The fraction of sp³-hybridized carbons (Fsp3) is 0.312. The third-order valence-electron chi connectivity index (χ3n) is 3.33. The number of oxazole rings is 1. The molecule has 0 radical (unpaired) electrons. The molecule has 3 aromatic rings. The van der Waals surface area contributed by atoms with E-state index in [-0.39, 0.29) is 6.61 Å². The number of hydrogen-bond donors (Lipinski definition) is 1. The summed E-state index contributed by atoms with van der Waals surface area (Å²) in [6.45, 7) is 6.43. The van der Waals surface area contributed by atoms with E-state index in [9.17, 15) is 0 Å². The van der Waals surface area contributed by atoms with Crippen LogP contribution in [0.25, 0.3) is 10.9 Å². The van der Waals surface area contributed by atoms with E-state index in [0.717, 1.165) is 16.6 Å². The lowest BCUT2D eigenvalue weighted by Crippen LogP contribution is -1.96. The number of nitrogens with zero attached hydrogens (tertiary/aromatic N) is 1. The first-order valence-electron chi connectivity index (χ1n) is 6.89. The van der Waals surface area contributed by atoms with Gasteiger partial charge in [0.2, 0.25) is 5.89 Å². The molecule has 0 aliphatic carbocycles. The van der Waals surface area contributed by atoms with Crippen LogP contribution in [0.2, 0.25) is 5.02 Å². The molecule has 2 heterocycles. The zero-order chi connectivity index (χ0) is 15.0. The molecule has 0 saturated heterocycles. The Bertz CT molecular complexity index is 774. The molecule has 0 spiro atoms. The van der Waals surface area contributed by atoms with Gasteiger partial charge in [0.15, 0.2) is 6.61 Å². The van der Waals surface area contributed by atoms with Crippen molar-refractivity contribution in [2.45, 2.75) is 33.3 Å². The van der Waals surface area contributed by atoms with Gasteiger partial charge >= 0.3 is 0 Å². The Morgan fingerprint density at radius 1 is 1.33 bits per heavy atom. The van der Waals surface area contributed by atoms with Crippen molar-refractivity contribution in [3.8, 4) is 5.75 Å². The fourth-order valence-electron chi connectivity index (χ4n) is 2.19. The molecule has 0 amide bonds. The van der Waals surface area contributed by atoms with Crippen molar-refractivity contribution in [3.63, 3.8) is 0 Å². The maximum absolute atomic E-state index is 6.27. The lowest BCUT2D eigenvalue weighted by molar-refractivity contribution is 0.263. The highest BCUT2D eigenvalue weighted by atomic mass is 35.5. The monoisotopic (exact) mass is 304 g/mol. The number of aromatic nitrogens is 2. The Morgan fingerprint density at radius 3 is 2.81 bits per heavy atom. The molecule has 0 bridgehead atoms. The molecule has 0 fully saturated rings. The first-order chi connectivity index (χ1) is 10.0. The Morgan fingerprint density at radius 2 is 2.14 bits per heavy atom. The zero-order valence-corrected chi connectivity index (χ0v) is 13.0. The quantitative estimate of drug-likeness (QED) is 0.751. The fourth-order valence-corrected chi connectivity index (χ4v) is 2.41. The third-order valence-corrected chi connectivity index (χ3v) is 3.63. The molecule has 1 N–H and O–H groups in total. The Balaban J connectivity index is 1.86. The van der Waals surface area contributed by atoms with Crippen molar-refractivity contribution >= 4 is 22.5 Å². The summed E-state index contributed by atoms with van der Waals surface area (Å²) in [5.74, 6) is 1.60. The van der Waals surface area contributed by atoms with E-state index in [1.54, 1.807) is 6.26 Å². The van der Waals surface area contributed by atoms with Crippen molar-refractivity contribution in [2.75, 3.05) is 0 Å². The average molecular weight is 305 g/mol. The highest BCUT2D eigenvalue weighted by Crippen LogP contribution is 2.32. The molecule has 4 nitrogen and oxygen atoms in total. The first-order valence-corrected chi connectivity index (χ1v) is 7.26. The summed E-state index contributed by atoms with van der Waals surface area (Å²) in [5.41, 5.74) is 3.03. The largest absolute Gasteiger partial charge is 0.482 e. The van der Waals surface area contributed by atoms with Crippen LogP contribution in [0.1, 0.15) is 37.0 Å². The maximum atomic E-state index is 6.27. The molecule has 5 heteroatoms. The van der Waals surface area contributed by atoms with Crippen LogP contribution < -0.4 is 4.74 Å². The van der Waals surface area contributed by atoms with E-state index in [1.807, 2.05) is 19.1 Å². The van der Waals surface area contributed by atoms with Crippen molar-refractivity contribution in [2.24, 2.45) is 0 Å². The second-order valence-electron chi connectivity index (χ2n) is 5.42. The first kappa shape index (κ1) is 14.0. The Kier molecular flexibility index (Phi) is 3.64. The number of rotatable bonds is 4. The summed E-state index contributed by atoms with van der Waals surface area (Å²) < 4.78 is 11.0. The van der Waals surface area contributed by atoms with Crippen LogP contribution in [-0.2, 0) is 6.61 Å². The highest BCUT2D eigenvalue weighted by molar-refractivity contribution is 6.32. The van der Waals surface area contributed by atoms with Gasteiger partial charge in [-0.2, -0.15) is 0 Å². The summed E-state index contributed by atoms with van der Waals surface area (Å²) in [6.07, 6.45) is 1.60. The molecule has 0 aliphatic rings. The van der Waals surface area contributed by atoms with Gasteiger partial charge in [-0.05, 0) is 25.0 Å². The molecular formula is C16H17ClN2O2. The topological polar surface area (TPSA) is 51.0 Å². The van der Waals surface area contributed by atoms with E-state index >= 15 is 0 Å². The number of nitrogens with one attached hydrogen (secondary N) is 1. The molecule has 0 atom stereocenters. The molecule has 0 unspecified atom stereocenters. The van der Waals surface area contributed by atoms with Gasteiger partial charge < -0.3 is 14.1 Å². The van der Waals surface area contributed by atoms with Gasteiger partial charge in [-0.15, -0.1) is 0 Å². The number of ether oxygens (including phenoxy) is 1. The number of H-pyrrole nitrogens is 1. The summed E-state index contributed by atoms with van der Waals surface area (Å²) in [5, 5.41) is 1.67. The van der Waals surface area contributed by atoms with Gasteiger partial charge in [-0.1, -0.05) is 25.4 Å². The molecular weight excluding hydrogens is 288 g/mol. The summed E-state index contributed by atoms with van der Waals surface area (Å²) >= 11 is 6.27. The second kappa shape index (κ2) is 5.45. The van der Waals surface area contributed by atoms with E-state index < -0.39 is 0 Å². The smallest absolute Gasteiger partial charge is 0.232 e. The van der Waals surface area contributed by atoms with Gasteiger partial charge in [0.25, 0.3) is 0 Å². The molecule has 21 heavy (non-hydrogen) atoms. The number of hydrogen-bond acceptors (Lipinski definition) is 3. The SMILES string of the molecule is Cc1coc(COc2cc3[nH]c(C(C)C)cc3cc2Cl)n1. The summed E-state index contributed by atoms with van der Waals surface area (Å²) in [6, 6.07) is 5.95. The highest BCUT2D eigenvalue weighted by Gasteiger charge is 2.10. The van der Waals surface area contributed by atoms with E-state index in [4.69, 9.17) is 20.8 Å². The summed E-state index contributed by atoms with van der Waals surface area (Å²) in [7, 11) is 0. The van der Waals surface area contributed by atoms with Crippen molar-refractivity contribution in [1.82, 2.24) is 9.97 Å². The van der Waals surface area contributed by atoms with Gasteiger partial charge in [0.05, 0.1) is 10.7 Å². The van der Waals surface area contributed by atoms with Crippen LogP contribution in [0.5, 0.6) is 5.75 Å². The molecule has 2 aromatic heterocycles. The minimum atomic E-state index is 0.261. The minimum absolute atomic E-state index is 0.261. The Labute approximate surface area is 128 Å². The average Bonchev–Trinajstić information content (AvgIpc) is 3.02. The van der Waals surface area contributed by atoms with Crippen LogP contribution in [0.4, 0.5) is 0 Å². The number of benzene rings is 1. The molecule has 110 valence electrons. The van der Waals surface area contributed by atoms with Crippen molar-refractivity contribution in [1.29, 1.82) is 0 Å². The van der Waals surface area contributed by atoms with Gasteiger partial charge in [0.1, 0.15) is 12.0 Å². The third kappa shape index (κ3) is 2.90. The van der Waals surface area contributed by atoms with E-state index in [1.165, 1.54) is 5.69 Å². The summed E-state index contributed by atoms with van der Waals surface area (Å²) in [4.78, 5) is 7.59. The number of aromatic amines is 1. The van der Waals surface area contributed by atoms with Gasteiger partial charge in [-0.25, -0.2) is 4.98 Å². The van der Waals surface area contributed by atoms with Crippen LogP contribution in [0.15, 0.2) is 28.9 Å². The lowest BCUT2D eigenvalue weighted by Gasteiger charge is -2.06. The van der Waals surface area contributed by atoms with Crippen LogP contribution in [-0.4, -0.2) is 9.97 Å². The normalized spacial score (nSPS) is 11.5. The maximum Gasteiger partial charge on any atom is 0.232 e. The molecule has 1 aromatic carbocycles. The van der Waals surface area contributed by atoms with Crippen molar-refractivity contribution < 1.29 is 9.15 Å². The second-order valence-corrected chi connectivity index (χ2v) is 5.83. The number of fused-ring (bicyclic) bond motifs is 1. The lowest BCUT2D eigenvalue weighted by atomic mass is 10.1. The zero-order valence-electron chi connectivity index (χ0n) is 12.2. The van der Waals surface area contributed by atoms with E-state index in [0.29, 0.717) is 22.6 Å². The van der Waals surface area contributed by atoms with Crippen molar-refractivity contribution in [3.05, 3.63) is 46.8 Å². The van der Waals surface area contributed by atoms with Crippen LogP contribution >= 0.6 is 11.6 Å². The number of aryl methyl sites for hydroxylation is 1. The van der Waals surface area contributed by atoms with Crippen LogP contribution in [0.3, 0.4) is 0 Å². The standard InChI is InChI=1S/C16H17ClN2O2/c1-9(2)13-5-11-4-12(17)15(6-14(11)19-13)20-8-16-18-10(3)7-21-16/h4-7,9,19H,8H2,1-3H3. The molecule has 0 aliphatic heterocycles. The number of halogens is 1. The molecule has 3 rings (SSSR count). The van der Waals surface area contributed by atoms with Gasteiger partial charge in [0, 0.05) is 22.7 Å². The molecule has 0 saturated carbocycles. The predicted molar refractivity (Wildman–Crippen MR) is 83.0 cm³/mol. The van der Waals surface area contributed by atoms with Crippen LogP contribution in [0, 0.1) is 6.92 Å². The van der Waals surface area contributed by atoms with E-state index in [2.05, 4.69) is 29.9 Å². The Hall–Kier alpha value is -1.94. The minimum Gasteiger partial charge on any atom is -0.482 e. The predicted octanol–water partition coefficient (Wildman–Crippen LogP) is 4.82.